The van der Waals surface area contributed by atoms with Crippen LogP contribution in [0.3, 0.4) is 0 Å². The summed E-state index contributed by atoms with van der Waals surface area (Å²) in [5.74, 6) is -0.456. The summed E-state index contributed by atoms with van der Waals surface area (Å²) in [6.07, 6.45) is 0. The van der Waals surface area contributed by atoms with Gasteiger partial charge in [-0.15, -0.1) is 5.10 Å². The lowest BCUT2D eigenvalue weighted by Crippen LogP contribution is -2.07. The molecule has 1 aromatic heterocycles. The molecule has 6 nitrogen and oxygen atoms in total. The first-order chi connectivity index (χ1) is 8.54. The molecule has 0 saturated carbocycles. The first kappa shape index (κ1) is 12.6. The monoisotopic (exact) mass is 310 g/mol. The van der Waals surface area contributed by atoms with Crippen LogP contribution in [0.1, 0.15) is 16.1 Å². The molecule has 7 heteroatoms. The molecule has 0 spiro atoms. The van der Waals surface area contributed by atoms with Gasteiger partial charge in [-0.3, -0.25) is 0 Å². The number of benzene rings is 1. The number of methoxy groups -OCH3 is 1. The van der Waals surface area contributed by atoms with E-state index >= 15 is 0 Å². The molecule has 18 heavy (non-hydrogen) atoms. The summed E-state index contributed by atoms with van der Waals surface area (Å²) in [4.78, 5) is 11.4. The minimum atomic E-state index is -0.607. The standard InChI is InChI=1S/C11H11BrN4O2/c1-6-3-4-7(5-8(6)12)16-10(13)9(14-15-16)11(17)18-2/h3-5H,13H2,1-2H3. The lowest BCUT2D eigenvalue weighted by Gasteiger charge is -2.05. The number of nitrogens with zero attached hydrogens (tertiary/aromatic N) is 3. The van der Waals surface area contributed by atoms with Gasteiger partial charge in [0.05, 0.1) is 12.8 Å². The van der Waals surface area contributed by atoms with E-state index in [0.717, 1.165) is 10.0 Å². The van der Waals surface area contributed by atoms with E-state index in [1.54, 1.807) is 0 Å². The van der Waals surface area contributed by atoms with Gasteiger partial charge < -0.3 is 10.5 Å². The van der Waals surface area contributed by atoms with Crippen molar-refractivity contribution in [3.8, 4) is 5.69 Å². The van der Waals surface area contributed by atoms with Crippen molar-refractivity contribution < 1.29 is 9.53 Å². The van der Waals surface area contributed by atoms with Crippen LogP contribution in [-0.4, -0.2) is 28.1 Å². The molecule has 2 rings (SSSR count). The van der Waals surface area contributed by atoms with Crippen LogP contribution in [0.4, 0.5) is 5.82 Å². The van der Waals surface area contributed by atoms with Crippen LogP contribution in [0, 0.1) is 6.92 Å². The number of aromatic nitrogens is 3. The third kappa shape index (κ3) is 2.08. The van der Waals surface area contributed by atoms with Crippen LogP contribution < -0.4 is 5.73 Å². The van der Waals surface area contributed by atoms with Crippen molar-refractivity contribution in [2.24, 2.45) is 0 Å². The van der Waals surface area contributed by atoms with Gasteiger partial charge in [0.1, 0.15) is 0 Å². The summed E-state index contributed by atoms with van der Waals surface area (Å²) in [6.45, 7) is 1.97. The van der Waals surface area contributed by atoms with E-state index in [1.807, 2.05) is 25.1 Å². The lowest BCUT2D eigenvalue weighted by atomic mass is 10.2. The fourth-order valence-corrected chi connectivity index (χ4v) is 1.80. The first-order valence-corrected chi connectivity index (χ1v) is 5.90. The summed E-state index contributed by atoms with van der Waals surface area (Å²) < 4.78 is 6.88. The van der Waals surface area contributed by atoms with E-state index in [4.69, 9.17) is 5.73 Å². The van der Waals surface area contributed by atoms with E-state index in [1.165, 1.54) is 11.8 Å². The van der Waals surface area contributed by atoms with Crippen LogP contribution in [0.15, 0.2) is 22.7 Å². The van der Waals surface area contributed by atoms with Gasteiger partial charge in [0, 0.05) is 4.47 Å². The lowest BCUT2D eigenvalue weighted by molar-refractivity contribution is 0.0595. The van der Waals surface area contributed by atoms with E-state index < -0.39 is 5.97 Å². The Kier molecular flexibility index (Phi) is 3.33. The van der Waals surface area contributed by atoms with Crippen LogP contribution in [-0.2, 0) is 4.74 Å². The van der Waals surface area contributed by atoms with Gasteiger partial charge in [-0.05, 0) is 24.6 Å². The second-order valence-electron chi connectivity index (χ2n) is 3.66. The number of esters is 1. The van der Waals surface area contributed by atoms with Crippen LogP contribution in [0.5, 0.6) is 0 Å². The van der Waals surface area contributed by atoms with E-state index in [0.29, 0.717) is 5.69 Å². The zero-order valence-electron chi connectivity index (χ0n) is 9.85. The molecule has 0 aliphatic heterocycles. The Labute approximate surface area is 112 Å². The number of anilines is 1. The molecular formula is C11H11BrN4O2. The van der Waals surface area contributed by atoms with Crippen molar-refractivity contribution >= 4 is 27.7 Å². The summed E-state index contributed by atoms with van der Waals surface area (Å²) >= 11 is 3.42. The van der Waals surface area contributed by atoms with Crippen LogP contribution in [0.25, 0.3) is 5.69 Å². The SMILES string of the molecule is COC(=O)c1nnn(-c2ccc(C)c(Br)c2)c1N. The van der Waals surface area contributed by atoms with Crippen LogP contribution in [0.2, 0.25) is 0 Å². The average Bonchev–Trinajstić information content (AvgIpc) is 2.74. The van der Waals surface area contributed by atoms with Gasteiger partial charge in [-0.1, -0.05) is 27.2 Å². The molecule has 0 amide bonds. The highest BCUT2D eigenvalue weighted by atomic mass is 79.9. The van der Waals surface area contributed by atoms with Gasteiger partial charge >= 0.3 is 5.97 Å². The van der Waals surface area contributed by atoms with E-state index in [2.05, 4.69) is 31.0 Å². The Hall–Kier alpha value is -1.89. The van der Waals surface area contributed by atoms with Gasteiger partial charge in [0.2, 0.25) is 5.69 Å². The fourth-order valence-electron chi connectivity index (χ4n) is 1.44. The third-order valence-corrected chi connectivity index (χ3v) is 3.34. The van der Waals surface area contributed by atoms with Crippen LogP contribution >= 0.6 is 15.9 Å². The highest BCUT2D eigenvalue weighted by Gasteiger charge is 2.18. The molecule has 0 aliphatic carbocycles. The van der Waals surface area contributed by atoms with Gasteiger partial charge in [0.25, 0.3) is 0 Å². The summed E-state index contributed by atoms with van der Waals surface area (Å²) in [6, 6.07) is 5.60. The summed E-state index contributed by atoms with van der Waals surface area (Å²) in [7, 11) is 1.27. The molecule has 1 heterocycles. The number of hydrogen-bond acceptors (Lipinski definition) is 5. The van der Waals surface area contributed by atoms with Crippen molar-refractivity contribution in [1.29, 1.82) is 0 Å². The molecule has 0 aliphatic rings. The number of nitrogens with two attached hydrogens (primary N) is 1. The zero-order valence-corrected chi connectivity index (χ0v) is 11.4. The molecule has 2 aromatic rings. The van der Waals surface area contributed by atoms with Crippen molar-refractivity contribution in [3.63, 3.8) is 0 Å². The molecule has 94 valence electrons. The highest BCUT2D eigenvalue weighted by Crippen LogP contribution is 2.22. The highest BCUT2D eigenvalue weighted by molar-refractivity contribution is 9.10. The predicted octanol–water partition coefficient (Wildman–Crippen LogP) is 1.71. The van der Waals surface area contributed by atoms with Gasteiger partial charge in [-0.2, -0.15) is 4.68 Å². The molecule has 2 N–H and O–H groups in total. The van der Waals surface area contributed by atoms with Gasteiger partial charge in [0.15, 0.2) is 5.82 Å². The largest absolute Gasteiger partial charge is 0.464 e. The fraction of sp³-hybridized carbons (Fsp3) is 0.182. The molecule has 0 radical (unpaired) electrons. The zero-order chi connectivity index (χ0) is 13.3. The quantitative estimate of drug-likeness (QED) is 0.854. The Balaban J connectivity index is 2.48. The molecular weight excluding hydrogens is 300 g/mol. The Morgan fingerprint density at radius 1 is 1.50 bits per heavy atom. The van der Waals surface area contributed by atoms with Crippen molar-refractivity contribution in [3.05, 3.63) is 33.9 Å². The average molecular weight is 311 g/mol. The summed E-state index contributed by atoms with van der Waals surface area (Å²) in [5, 5.41) is 7.56. The third-order valence-electron chi connectivity index (χ3n) is 2.48. The maximum absolute atomic E-state index is 11.4. The number of ether oxygens (including phenoxy) is 1. The van der Waals surface area contributed by atoms with E-state index in [9.17, 15) is 4.79 Å². The van der Waals surface area contributed by atoms with Crippen molar-refractivity contribution in [2.45, 2.75) is 6.92 Å². The Morgan fingerprint density at radius 3 is 2.83 bits per heavy atom. The number of rotatable bonds is 2. The summed E-state index contributed by atoms with van der Waals surface area (Å²) in [5.41, 5.74) is 7.63. The molecule has 0 atom stereocenters. The Morgan fingerprint density at radius 2 is 2.22 bits per heavy atom. The number of hydrogen-bond donors (Lipinski definition) is 1. The second kappa shape index (κ2) is 4.77. The number of carbonyl (C=O) groups excluding carboxylic acids is 1. The molecule has 0 unspecified atom stereocenters. The number of aryl methyl sites for hydroxylation is 1. The molecule has 0 saturated heterocycles. The van der Waals surface area contributed by atoms with E-state index in [-0.39, 0.29) is 11.5 Å². The minimum absolute atomic E-state index is 0.00852. The first-order valence-electron chi connectivity index (χ1n) is 5.10. The smallest absolute Gasteiger partial charge is 0.362 e. The molecule has 0 bridgehead atoms. The second-order valence-corrected chi connectivity index (χ2v) is 4.51. The maximum atomic E-state index is 11.4. The molecule has 1 aromatic carbocycles. The number of halogens is 1. The molecule has 0 fully saturated rings. The maximum Gasteiger partial charge on any atom is 0.362 e. The minimum Gasteiger partial charge on any atom is -0.464 e. The number of nitrogen functional groups attached to an aromatic ring is 1. The van der Waals surface area contributed by atoms with Crippen molar-refractivity contribution in [1.82, 2.24) is 15.0 Å². The topological polar surface area (TPSA) is 83.0 Å². The number of carbonyl (C=O) groups is 1. The Bertz CT molecular complexity index is 609. The van der Waals surface area contributed by atoms with Crippen molar-refractivity contribution in [2.75, 3.05) is 12.8 Å². The normalized spacial score (nSPS) is 10.4. The van der Waals surface area contributed by atoms with Gasteiger partial charge in [-0.25, -0.2) is 4.79 Å². The predicted molar refractivity (Wildman–Crippen MR) is 69.5 cm³/mol.